The molecule has 4 amide bonds. The monoisotopic (exact) mass is 496 g/mol. The third-order valence-electron chi connectivity index (χ3n) is 4.65. The summed E-state index contributed by atoms with van der Waals surface area (Å²) in [5.74, 6) is -4.28. The zero-order chi connectivity index (χ0) is 26.4. The summed E-state index contributed by atoms with van der Waals surface area (Å²) >= 11 is 0. The van der Waals surface area contributed by atoms with E-state index in [9.17, 15) is 29.1 Å². The fraction of sp³-hybridized carbons (Fsp3) is 0.526. The number of nitrogens with zero attached hydrogens (tertiary/aromatic N) is 2. The molecule has 0 aliphatic rings. The van der Waals surface area contributed by atoms with Gasteiger partial charge in [-0.25, -0.2) is 9.78 Å². The number of carboxylic acid groups (broad SMARTS) is 1. The number of aliphatic imine (C=N–C) groups is 1. The van der Waals surface area contributed by atoms with Gasteiger partial charge in [0.2, 0.25) is 23.6 Å². The van der Waals surface area contributed by atoms with Crippen LogP contribution in [0.2, 0.25) is 0 Å². The van der Waals surface area contributed by atoms with Crippen LogP contribution in [0.25, 0.3) is 0 Å². The summed E-state index contributed by atoms with van der Waals surface area (Å²) in [5.41, 5.74) is 21.7. The highest BCUT2D eigenvalue weighted by atomic mass is 16.4. The van der Waals surface area contributed by atoms with E-state index in [4.69, 9.17) is 22.9 Å². The van der Waals surface area contributed by atoms with Crippen molar-refractivity contribution in [1.82, 2.24) is 25.9 Å². The molecule has 3 atom stereocenters. The number of aromatic nitrogens is 2. The van der Waals surface area contributed by atoms with Crippen LogP contribution in [0.3, 0.4) is 0 Å². The lowest BCUT2D eigenvalue weighted by Crippen LogP contribution is -2.54. The summed E-state index contributed by atoms with van der Waals surface area (Å²) < 4.78 is 0. The number of carbonyl (C=O) groups excluding carboxylic acids is 4. The minimum absolute atomic E-state index is 0.0437. The van der Waals surface area contributed by atoms with Gasteiger partial charge in [0.15, 0.2) is 5.96 Å². The maximum atomic E-state index is 12.7. The molecule has 0 saturated carbocycles. The van der Waals surface area contributed by atoms with Gasteiger partial charge in [-0.2, -0.15) is 0 Å². The molecule has 1 aromatic heterocycles. The predicted octanol–water partition coefficient (Wildman–Crippen LogP) is -4.23. The number of H-pyrrole nitrogens is 1. The van der Waals surface area contributed by atoms with Gasteiger partial charge in [-0.1, -0.05) is 0 Å². The molecule has 1 heterocycles. The Hall–Kier alpha value is -4.21. The Morgan fingerprint density at radius 2 is 1.77 bits per heavy atom. The van der Waals surface area contributed by atoms with E-state index in [0.717, 1.165) is 0 Å². The van der Waals surface area contributed by atoms with Gasteiger partial charge in [0.1, 0.15) is 12.1 Å². The zero-order valence-corrected chi connectivity index (χ0v) is 19.0. The number of hydrogen-bond acceptors (Lipinski definition) is 8. The first-order chi connectivity index (χ1) is 16.5. The number of carbonyl (C=O) groups is 5. The molecule has 0 saturated heterocycles. The third kappa shape index (κ3) is 12.0. The Labute approximate surface area is 200 Å². The van der Waals surface area contributed by atoms with Gasteiger partial charge in [-0.3, -0.25) is 24.2 Å². The molecule has 35 heavy (non-hydrogen) atoms. The fourth-order valence-corrected chi connectivity index (χ4v) is 2.84. The highest BCUT2D eigenvalue weighted by molar-refractivity contribution is 5.92. The molecule has 0 radical (unpaired) electrons. The van der Waals surface area contributed by atoms with Crippen LogP contribution < -0.4 is 38.9 Å². The van der Waals surface area contributed by atoms with Crippen LogP contribution in [0.1, 0.15) is 31.4 Å². The summed E-state index contributed by atoms with van der Waals surface area (Å²) in [4.78, 5) is 70.0. The summed E-state index contributed by atoms with van der Waals surface area (Å²) in [6.45, 7) is -0.178. The molecule has 1 rings (SSSR count). The number of primary amides is 1. The molecular weight excluding hydrogens is 464 g/mol. The number of aromatic amines is 1. The number of carboxylic acids is 1. The molecule has 0 aromatic carbocycles. The van der Waals surface area contributed by atoms with Crippen molar-refractivity contribution in [2.24, 2.45) is 27.9 Å². The topological polar surface area (TPSA) is 287 Å². The third-order valence-corrected chi connectivity index (χ3v) is 4.65. The van der Waals surface area contributed by atoms with Gasteiger partial charge in [0.05, 0.1) is 18.9 Å². The number of nitrogens with two attached hydrogens (primary N) is 4. The van der Waals surface area contributed by atoms with Gasteiger partial charge >= 0.3 is 5.97 Å². The quantitative estimate of drug-likeness (QED) is 0.0603. The standard InChI is InChI=1S/C19H32N10O6/c20-11(2-1-5-25-19(22)23)16(32)26-8-15(31)28-13(6-10-7-24-9-27-10)17(33)29-12(18(34)35)3-4-14(21)30/h7,9,11-13H,1-6,8,20H2,(H2,21,30)(H,24,27)(H,26,32)(H,28,31)(H,29,33)(H,34,35)(H4,22,23,25). The summed E-state index contributed by atoms with van der Waals surface area (Å²) in [6, 6.07) is -3.50. The van der Waals surface area contributed by atoms with Crippen molar-refractivity contribution in [3.05, 3.63) is 18.2 Å². The summed E-state index contributed by atoms with van der Waals surface area (Å²) in [6.07, 6.45) is 3.00. The molecule has 0 spiro atoms. The number of rotatable bonds is 16. The Balaban J connectivity index is 2.69. The van der Waals surface area contributed by atoms with Crippen LogP contribution in [0.5, 0.6) is 0 Å². The number of aliphatic carboxylic acids is 1. The second kappa shape index (κ2) is 14.8. The van der Waals surface area contributed by atoms with Crippen LogP contribution in [-0.2, 0) is 30.4 Å². The molecule has 0 bridgehead atoms. The molecule has 0 aliphatic heterocycles. The number of guanidine groups is 1. The van der Waals surface area contributed by atoms with Crippen molar-refractivity contribution in [3.8, 4) is 0 Å². The van der Waals surface area contributed by atoms with E-state index in [1.54, 1.807) is 0 Å². The molecule has 13 N–H and O–H groups in total. The van der Waals surface area contributed by atoms with Gasteiger partial charge in [-0.05, 0) is 19.3 Å². The fourth-order valence-electron chi connectivity index (χ4n) is 2.84. The van der Waals surface area contributed by atoms with Crippen molar-refractivity contribution < 1.29 is 29.1 Å². The van der Waals surface area contributed by atoms with E-state index in [1.165, 1.54) is 12.5 Å². The van der Waals surface area contributed by atoms with E-state index in [2.05, 4.69) is 30.9 Å². The van der Waals surface area contributed by atoms with E-state index >= 15 is 0 Å². The maximum absolute atomic E-state index is 12.7. The largest absolute Gasteiger partial charge is 0.480 e. The molecule has 0 fully saturated rings. The summed E-state index contributed by atoms with van der Waals surface area (Å²) in [7, 11) is 0. The highest BCUT2D eigenvalue weighted by Crippen LogP contribution is 2.03. The lowest BCUT2D eigenvalue weighted by Gasteiger charge is -2.21. The van der Waals surface area contributed by atoms with Crippen molar-refractivity contribution in [1.29, 1.82) is 0 Å². The van der Waals surface area contributed by atoms with Gasteiger partial charge in [-0.15, -0.1) is 0 Å². The number of amides is 4. The van der Waals surface area contributed by atoms with Crippen molar-refractivity contribution in [3.63, 3.8) is 0 Å². The minimum Gasteiger partial charge on any atom is -0.480 e. The second-order valence-electron chi connectivity index (χ2n) is 7.58. The molecule has 1 aromatic rings. The highest BCUT2D eigenvalue weighted by Gasteiger charge is 2.27. The lowest BCUT2D eigenvalue weighted by atomic mass is 10.1. The van der Waals surface area contributed by atoms with Crippen LogP contribution in [0, 0.1) is 0 Å². The molecule has 3 unspecified atom stereocenters. The average molecular weight is 497 g/mol. The first-order valence-electron chi connectivity index (χ1n) is 10.7. The average Bonchev–Trinajstić information content (AvgIpc) is 3.29. The number of hydrogen-bond donors (Lipinski definition) is 9. The van der Waals surface area contributed by atoms with E-state index in [-0.39, 0.29) is 31.6 Å². The SMILES string of the molecule is NC(=O)CCC(NC(=O)C(Cc1cnc[nH]1)NC(=O)CNC(=O)C(N)CCCN=C(N)N)C(=O)O. The molecule has 0 aliphatic carbocycles. The molecule has 194 valence electrons. The van der Waals surface area contributed by atoms with E-state index in [0.29, 0.717) is 18.7 Å². The Morgan fingerprint density at radius 3 is 2.34 bits per heavy atom. The van der Waals surface area contributed by atoms with Crippen LogP contribution >= 0.6 is 0 Å². The molecule has 16 nitrogen and oxygen atoms in total. The Bertz CT molecular complexity index is 900. The van der Waals surface area contributed by atoms with Crippen LogP contribution in [-0.4, -0.2) is 81.8 Å². The predicted molar refractivity (Wildman–Crippen MR) is 123 cm³/mol. The first kappa shape index (κ1) is 28.8. The van der Waals surface area contributed by atoms with Crippen molar-refractivity contribution >= 4 is 35.6 Å². The first-order valence-corrected chi connectivity index (χ1v) is 10.7. The smallest absolute Gasteiger partial charge is 0.326 e. The van der Waals surface area contributed by atoms with Crippen LogP contribution in [0.4, 0.5) is 0 Å². The molecular formula is C19H32N10O6. The number of nitrogens with one attached hydrogen (secondary N) is 4. The van der Waals surface area contributed by atoms with Gasteiger partial charge in [0, 0.05) is 31.3 Å². The van der Waals surface area contributed by atoms with Crippen molar-refractivity contribution in [2.75, 3.05) is 13.1 Å². The number of imidazole rings is 1. The van der Waals surface area contributed by atoms with Gasteiger partial charge in [0.25, 0.3) is 0 Å². The minimum atomic E-state index is -1.40. The Kier molecular flexibility index (Phi) is 12.2. The second-order valence-corrected chi connectivity index (χ2v) is 7.58. The van der Waals surface area contributed by atoms with E-state index in [1.807, 2.05) is 0 Å². The van der Waals surface area contributed by atoms with Crippen LogP contribution in [0.15, 0.2) is 17.5 Å². The zero-order valence-electron chi connectivity index (χ0n) is 19.0. The van der Waals surface area contributed by atoms with Gasteiger partial charge < -0.3 is 49.0 Å². The Morgan fingerprint density at radius 1 is 1.06 bits per heavy atom. The summed E-state index contributed by atoms with van der Waals surface area (Å²) in [5, 5.41) is 16.4. The molecule has 16 heteroatoms. The van der Waals surface area contributed by atoms with E-state index < -0.39 is 54.3 Å². The lowest BCUT2D eigenvalue weighted by molar-refractivity contribution is -0.142. The maximum Gasteiger partial charge on any atom is 0.326 e. The normalized spacial score (nSPS) is 13.1. The van der Waals surface area contributed by atoms with Crippen molar-refractivity contribution in [2.45, 2.75) is 50.2 Å².